The molecule has 1 amide bonds. The van der Waals surface area contributed by atoms with Crippen molar-refractivity contribution in [3.63, 3.8) is 0 Å². The summed E-state index contributed by atoms with van der Waals surface area (Å²) in [6.07, 6.45) is -0.541. The fraction of sp³-hybridized carbons (Fsp3) is 0.273. The number of nitrogens with zero attached hydrogens (tertiary/aromatic N) is 1. The molecular weight excluding hydrogens is 274 g/mol. The molecule has 0 bridgehead atoms. The SMILES string of the molecule is COC(=O)N(CC(=O)CBr)c1ccccc1. The number of amides is 1. The lowest BCUT2D eigenvalue weighted by Crippen LogP contribution is -2.36. The number of benzene rings is 1. The standard InChI is InChI=1S/C11H12BrNO3/c1-16-11(15)13(8-10(14)7-12)9-5-3-2-4-6-9/h2-6H,7-8H2,1H3. The molecular formula is C11H12BrNO3. The molecule has 0 atom stereocenters. The number of alkyl halides is 1. The molecule has 0 radical (unpaired) electrons. The number of methoxy groups -OCH3 is 1. The largest absolute Gasteiger partial charge is 0.452 e. The van der Waals surface area contributed by atoms with Crippen molar-refractivity contribution in [3.8, 4) is 0 Å². The first-order valence-corrected chi connectivity index (χ1v) is 5.79. The third-order valence-electron chi connectivity index (χ3n) is 1.95. The molecule has 0 spiro atoms. The molecule has 0 unspecified atom stereocenters. The van der Waals surface area contributed by atoms with Gasteiger partial charge in [-0.3, -0.25) is 9.69 Å². The quantitative estimate of drug-likeness (QED) is 0.797. The molecule has 1 aromatic rings. The number of ketones is 1. The number of rotatable bonds is 4. The average Bonchev–Trinajstić information content (AvgIpc) is 2.35. The van der Waals surface area contributed by atoms with E-state index in [1.165, 1.54) is 12.0 Å². The Labute approximate surface area is 102 Å². The van der Waals surface area contributed by atoms with Gasteiger partial charge in [-0.05, 0) is 12.1 Å². The zero-order valence-corrected chi connectivity index (χ0v) is 10.4. The second kappa shape index (κ2) is 6.27. The first-order valence-electron chi connectivity index (χ1n) is 4.67. The van der Waals surface area contributed by atoms with Crippen LogP contribution in [0.4, 0.5) is 10.5 Å². The summed E-state index contributed by atoms with van der Waals surface area (Å²) in [6.45, 7) is 0.00192. The van der Waals surface area contributed by atoms with E-state index >= 15 is 0 Å². The van der Waals surface area contributed by atoms with Crippen molar-refractivity contribution in [2.45, 2.75) is 0 Å². The normalized spacial score (nSPS) is 9.62. The van der Waals surface area contributed by atoms with Crippen LogP contribution in [0.15, 0.2) is 30.3 Å². The van der Waals surface area contributed by atoms with E-state index in [-0.39, 0.29) is 17.7 Å². The Bertz CT molecular complexity index is 367. The van der Waals surface area contributed by atoms with Crippen molar-refractivity contribution < 1.29 is 14.3 Å². The van der Waals surface area contributed by atoms with Gasteiger partial charge in [-0.15, -0.1) is 0 Å². The highest BCUT2D eigenvalue weighted by molar-refractivity contribution is 9.09. The third-order valence-corrected chi connectivity index (χ3v) is 2.57. The summed E-state index contributed by atoms with van der Waals surface area (Å²) >= 11 is 3.06. The van der Waals surface area contributed by atoms with Crippen LogP contribution in [-0.4, -0.2) is 30.9 Å². The first kappa shape index (κ1) is 12.7. The van der Waals surface area contributed by atoms with Crippen molar-refractivity contribution in [3.05, 3.63) is 30.3 Å². The van der Waals surface area contributed by atoms with Crippen LogP contribution in [-0.2, 0) is 9.53 Å². The number of anilines is 1. The van der Waals surface area contributed by atoms with Crippen LogP contribution in [0.3, 0.4) is 0 Å². The molecule has 16 heavy (non-hydrogen) atoms. The highest BCUT2D eigenvalue weighted by Crippen LogP contribution is 2.14. The molecule has 4 nitrogen and oxygen atoms in total. The molecule has 1 aromatic carbocycles. The second-order valence-electron chi connectivity index (χ2n) is 3.06. The lowest BCUT2D eigenvalue weighted by Gasteiger charge is -2.19. The number of carbonyl (C=O) groups excluding carboxylic acids is 2. The maximum absolute atomic E-state index is 11.5. The predicted molar refractivity (Wildman–Crippen MR) is 65.0 cm³/mol. The Kier molecular flexibility index (Phi) is 4.98. The van der Waals surface area contributed by atoms with Gasteiger partial charge in [-0.2, -0.15) is 0 Å². The number of hydrogen-bond donors (Lipinski definition) is 0. The fourth-order valence-electron chi connectivity index (χ4n) is 1.20. The summed E-state index contributed by atoms with van der Waals surface area (Å²) in [5.74, 6) is -0.0887. The van der Waals surface area contributed by atoms with E-state index in [4.69, 9.17) is 0 Å². The lowest BCUT2D eigenvalue weighted by molar-refractivity contribution is -0.115. The van der Waals surface area contributed by atoms with Crippen LogP contribution >= 0.6 is 15.9 Å². The van der Waals surface area contributed by atoms with Crippen LogP contribution < -0.4 is 4.90 Å². The predicted octanol–water partition coefficient (Wildman–Crippen LogP) is 2.22. The third kappa shape index (κ3) is 3.34. The maximum Gasteiger partial charge on any atom is 0.414 e. The smallest absolute Gasteiger partial charge is 0.414 e. The minimum atomic E-state index is -0.541. The van der Waals surface area contributed by atoms with Crippen LogP contribution in [0.1, 0.15) is 0 Å². The summed E-state index contributed by atoms with van der Waals surface area (Å²) in [5.41, 5.74) is 0.642. The number of Topliss-reactive ketones (excluding diaryl/α,β-unsaturated/α-hetero) is 1. The Morgan fingerprint density at radius 3 is 2.44 bits per heavy atom. The van der Waals surface area contributed by atoms with Crippen LogP contribution in [0, 0.1) is 0 Å². The van der Waals surface area contributed by atoms with Crippen molar-refractivity contribution in [2.75, 3.05) is 23.9 Å². The highest BCUT2D eigenvalue weighted by Gasteiger charge is 2.18. The molecule has 0 aliphatic carbocycles. The maximum atomic E-state index is 11.5. The van der Waals surface area contributed by atoms with Gasteiger partial charge in [0.15, 0.2) is 5.78 Å². The average molecular weight is 286 g/mol. The Morgan fingerprint density at radius 1 is 1.31 bits per heavy atom. The number of hydrogen-bond acceptors (Lipinski definition) is 3. The summed E-state index contributed by atoms with van der Waals surface area (Å²) in [6, 6.07) is 8.93. The first-order chi connectivity index (χ1) is 7.69. The summed E-state index contributed by atoms with van der Waals surface area (Å²) in [4.78, 5) is 24.1. The topological polar surface area (TPSA) is 46.6 Å². The Hall–Kier alpha value is -1.36. The van der Waals surface area contributed by atoms with Gasteiger partial charge < -0.3 is 4.74 Å². The molecule has 0 aliphatic heterocycles. The van der Waals surface area contributed by atoms with Gasteiger partial charge in [0, 0.05) is 5.69 Å². The Balaban J connectivity index is 2.88. The van der Waals surface area contributed by atoms with Crippen LogP contribution in [0.5, 0.6) is 0 Å². The van der Waals surface area contributed by atoms with Crippen LogP contribution in [0.25, 0.3) is 0 Å². The molecule has 5 heteroatoms. The molecule has 0 saturated heterocycles. The molecule has 0 heterocycles. The van der Waals surface area contributed by atoms with E-state index in [2.05, 4.69) is 20.7 Å². The molecule has 0 aliphatic rings. The van der Waals surface area contributed by atoms with Crippen molar-refractivity contribution in [1.82, 2.24) is 0 Å². The number of halogens is 1. The number of carbonyl (C=O) groups is 2. The second-order valence-corrected chi connectivity index (χ2v) is 3.62. The summed E-state index contributed by atoms with van der Waals surface area (Å²) in [5, 5.41) is 0.216. The van der Waals surface area contributed by atoms with Gasteiger partial charge >= 0.3 is 6.09 Å². The van der Waals surface area contributed by atoms with Gasteiger partial charge in [-0.25, -0.2) is 4.79 Å². The van der Waals surface area contributed by atoms with E-state index < -0.39 is 6.09 Å². The zero-order valence-electron chi connectivity index (χ0n) is 8.85. The van der Waals surface area contributed by atoms with Crippen molar-refractivity contribution in [1.29, 1.82) is 0 Å². The monoisotopic (exact) mass is 285 g/mol. The minimum absolute atomic E-state index is 0.00192. The van der Waals surface area contributed by atoms with Gasteiger partial charge in [0.1, 0.15) is 0 Å². The van der Waals surface area contributed by atoms with E-state index in [9.17, 15) is 9.59 Å². The number of para-hydroxylation sites is 1. The molecule has 0 N–H and O–H groups in total. The fourth-order valence-corrected chi connectivity index (χ4v) is 1.38. The van der Waals surface area contributed by atoms with Crippen molar-refractivity contribution in [2.24, 2.45) is 0 Å². The molecule has 1 rings (SSSR count). The van der Waals surface area contributed by atoms with Gasteiger partial charge in [0.25, 0.3) is 0 Å². The molecule has 0 aromatic heterocycles. The highest BCUT2D eigenvalue weighted by atomic mass is 79.9. The lowest BCUT2D eigenvalue weighted by atomic mass is 10.3. The Morgan fingerprint density at radius 2 is 1.94 bits per heavy atom. The minimum Gasteiger partial charge on any atom is -0.452 e. The molecule has 0 saturated carbocycles. The summed E-state index contributed by atoms with van der Waals surface area (Å²) in [7, 11) is 1.29. The van der Waals surface area contributed by atoms with Gasteiger partial charge in [0.05, 0.1) is 19.0 Å². The van der Waals surface area contributed by atoms with Crippen molar-refractivity contribution >= 4 is 33.5 Å². The van der Waals surface area contributed by atoms with E-state index in [1.54, 1.807) is 24.3 Å². The van der Waals surface area contributed by atoms with Crippen LogP contribution in [0.2, 0.25) is 0 Å². The van der Waals surface area contributed by atoms with E-state index in [0.717, 1.165) is 0 Å². The van der Waals surface area contributed by atoms with E-state index in [1.807, 2.05) is 6.07 Å². The van der Waals surface area contributed by atoms with Gasteiger partial charge in [-0.1, -0.05) is 34.1 Å². The van der Waals surface area contributed by atoms with Gasteiger partial charge in [0.2, 0.25) is 0 Å². The summed E-state index contributed by atoms with van der Waals surface area (Å²) < 4.78 is 4.63. The molecule has 86 valence electrons. The number of ether oxygens (including phenoxy) is 1. The molecule has 0 fully saturated rings. The zero-order chi connectivity index (χ0) is 12.0. The van der Waals surface area contributed by atoms with E-state index in [0.29, 0.717) is 5.69 Å².